The van der Waals surface area contributed by atoms with Gasteiger partial charge in [0.1, 0.15) is 6.54 Å². The number of nitrogens with one attached hydrogen (secondary N) is 1. The molecule has 0 unspecified atom stereocenters. The standard InChI is InChI=1S/C15H10F3N3O4/c16-15(17,18)9-3-5-10(6-4-9)19-12(22)8-21-14(23)25-13(20-21)11-2-1-7-24-11/h1-7H,8H2,(H,19,22). The van der Waals surface area contributed by atoms with Crippen molar-refractivity contribution in [2.45, 2.75) is 12.7 Å². The number of alkyl halides is 3. The molecule has 2 aromatic heterocycles. The van der Waals surface area contributed by atoms with Gasteiger partial charge in [0.15, 0.2) is 5.76 Å². The van der Waals surface area contributed by atoms with E-state index in [0.717, 1.165) is 28.9 Å². The normalized spacial score (nSPS) is 11.5. The summed E-state index contributed by atoms with van der Waals surface area (Å²) in [5.41, 5.74) is -0.679. The first kappa shape index (κ1) is 16.6. The topological polar surface area (TPSA) is 90.3 Å². The van der Waals surface area contributed by atoms with E-state index < -0.39 is 29.9 Å². The summed E-state index contributed by atoms with van der Waals surface area (Å²) in [6.45, 7) is -0.468. The molecule has 3 rings (SSSR count). The Bertz CT molecular complexity index is 924. The lowest BCUT2D eigenvalue weighted by molar-refractivity contribution is -0.137. The van der Waals surface area contributed by atoms with Crippen molar-refractivity contribution in [3.8, 4) is 11.7 Å². The molecule has 0 aliphatic heterocycles. The second kappa shape index (κ2) is 6.30. The largest absolute Gasteiger partial charge is 0.459 e. The number of benzene rings is 1. The zero-order valence-corrected chi connectivity index (χ0v) is 12.4. The number of nitrogens with zero attached hydrogens (tertiary/aromatic N) is 2. The third-order valence-corrected chi connectivity index (χ3v) is 3.13. The van der Waals surface area contributed by atoms with Crippen LogP contribution in [0.1, 0.15) is 5.56 Å². The predicted octanol–water partition coefficient (Wildman–Crippen LogP) is 2.75. The molecule has 1 aromatic carbocycles. The molecule has 3 aromatic rings. The van der Waals surface area contributed by atoms with Crippen LogP contribution in [0.15, 0.2) is 56.3 Å². The van der Waals surface area contributed by atoms with Crippen LogP contribution >= 0.6 is 0 Å². The molecule has 1 N–H and O–H groups in total. The van der Waals surface area contributed by atoms with Gasteiger partial charge in [-0.1, -0.05) is 0 Å². The van der Waals surface area contributed by atoms with Crippen LogP contribution in [0, 0.1) is 0 Å². The number of halogens is 3. The smallest absolute Gasteiger partial charge is 0.437 e. The third kappa shape index (κ3) is 3.79. The first-order valence-electron chi connectivity index (χ1n) is 6.92. The van der Waals surface area contributed by atoms with E-state index in [4.69, 9.17) is 8.83 Å². The Morgan fingerprint density at radius 2 is 1.92 bits per heavy atom. The lowest BCUT2D eigenvalue weighted by atomic mass is 10.2. The number of amides is 1. The zero-order valence-electron chi connectivity index (χ0n) is 12.4. The van der Waals surface area contributed by atoms with Crippen molar-refractivity contribution in [3.63, 3.8) is 0 Å². The maximum atomic E-state index is 12.5. The highest BCUT2D eigenvalue weighted by Crippen LogP contribution is 2.29. The molecule has 0 radical (unpaired) electrons. The fourth-order valence-electron chi connectivity index (χ4n) is 1.99. The minimum Gasteiger partial charge on any atom is -0.459 e. The summed E-state index contributed by atoms with van der Waals surface area (Å²) >= 11 is 0. The van der Waals surface area contributed by atoms with E-state index >= 15 is 0 Å². The van der Waals surface area contributed by atoms with E-state index in [0.29, 0.717) is 0 Å². The Hall–Kier alpha value is -3.30. The van der Waals surface area contributed by atoms with Crippen molar-refractivity contribution in [3.05, 3.63) is 58.8 Å². The molecule has 2 heterocycles. The van der Waals surface area contributed by atoms with Gasteiger partial charge in [0.2, 0.25) is 5.91 Å². The zero-order chi connectivity index (χ0) is 18.0. The van der Waals surface area contributed by atoms with Crippen LogP contribution in [0.25, 0.3) is 11.7 Å². The van der Waals surface area contributed by atoms with Crippen LogP contribution < -0.4 is 11.1 Å². The molecule has 0 atom stereocenters. The SMILES string of the molecule is O=C(Cn1nc(-c2ccco2)oc1=O)Nc1ccc(C(F)(F)F)cc1. The van der Waals surface area contributed by atoms with Gasteiger partial charge in [0.05, 0.1) is 11.8 Å². The first-order valence-corrected chi connectivity index (χ1v) is 6.92. The van der Waals surface area contributed by atoms with Gasteiger partial charge in [-0.2, -0.15) is 17.9 Å². The molecule has 0 aliphatic rings. The van der Waals surface area contributed by atoms with Gasteiger partial charge >= 0.3 is 11.9 Å². The first-order chi connectivity index (χ1) is 11.8. The predicted molar refractivity (Wildman–Crippen MR) is 78.5 cm³/mol. The number of anilines is 1. The quantitative estimate of drug-likeness (QED) is 0.779. The van der Waals surface area contributed by atoms with Crippen molar-refractivity contribution in [1.82, 2.24) is 9.78 Å². The molecule has 0 spiro atoms. The molecular formula is C15H10F3N3O4. The average molecular weight is 353 g/mol. The number of hydrogen-bond acceptors (Lipinski definition) is 5. The maximum absolute atomic E-state index is 12.5. The minimum absolute atomic E-state index is 0.0858. The Balaban J connectivity index is 1.68. The van der Waals surface area contributed by atoms with Crippen LogP contribution in [0.2, 0.25) is 0 Å². The Kier molecular flexibility index (Phi) is 4.17. The summed E-state index contributed by atoms with van der Waals surface area (Å²) in [6, 6.07) is 7.00. The summed E-state index contributed by atoms with van der Waals surface area (Å²) in [7, 11) is 0. The number of rotatable bonds is 4. The molecule has 7 nitrogen and oxygen atoms in total. The second-order valence-corrected chi connectivity index (χ2v) is 4.93. The highest BCUT2D eigenvalue weighted by Gasteiger charge is 2.30. The van der Waals surface area contributed by atoms with E-state index in [1.807, 2.05) is 0 Å². The number of hydrogen-bond donors (Lipinski definition) is 1. The van der Waals surface area contributed by atoms with E-state index in [1.54, 1.807) is 6.07 Å². The van der Waals surface area contributed by atoms with Gasteiger partial charge in [0, 0.05) is 5.69 Å². The monoisotopic (exact) mass is 353 g/mol. The Labute approximate surface area is 137 Å². The molecule has 1 amide bonds. The van der Waals surface area contributed by atoms with E-state index in [1.165, 1.54) is 12.3 Å². The number of carbonyl (C=O) groups is 1. The molecule has 0 fully saturated rings. The molecule has 10 heteroatoms. The van der Waals surface area contributed by atoms with Gasteiger partial charge in [0.25, 0.3) is 5.89 Å². The second-order valence-electron chi connectivity index (χ2n) is 4.93. The van der Waals surface area contributed by atoms with Crippen molar-refractivity contribution < 1.29 is 26.8 Å². The molecule has 0 bridgehead atoms. The van der Waals surface area contributed by atoms with Gasteiger partial charge in [-0.25, -0.2) is 4.79 Å². The van der Waals surface area contributed by atoms with Crippen LogP contribution in [-0.2, 0) is 17.5 Å². The lowest BCUT2D eigenvalue weighted by Gasteiger charge is -2.08. The fourth-order valence-corrected chi connectivity index (χ4v) is 1.99. The van der Waals surface area contributed by atoms with E-state index in [2.05, 4.69) is 10.4 Å². The average Bonchev–Trinajstić information content (AvgIpc) is 3.17. The molecule has 25 heavy (non-hydrogen) atoms. The summed E-state index contributed by atoms with van der Waals surface area (Å²) < 4.78 is 48.1. The van der Waals surface area contributed by atoms with E-state index in [9.17, 15) is 22.8 Å². The van der Waals surface area contributed by atoms with Crippen molar-refractivity contribution in [2.75, 3.05) is 5.32 Å². The molecule has 0 aliphatic carbocycles. The Morgan fingerprint density at radius 1 is 1.20 bits per heavy atom. The summed E-state index contributed by atoms with van der Waals surface area (Å²) in [4.78, 5) is 23.6. The van der Waals surface area contributed by atoms with E-state index in [-0.39, 0.29) is 17.3 Å². The maximum Gasteiger partial charge on any atom is 0.437 e. The van der Waals surface area contributed by atoms with Gasteiger partial charge in [-0.05, 0) is 36.4 Å². The number of carbonyl (C=O) groups excluding carboxylic acids is 1. The molecule has 0 saturated carbocycles. The van der Waals surface area contributed by atoms with Crippen molar-refractivity contribution in [1.29, 1.82) is 0 Å². The molecule has 130 valence electrons. The Morgan fingerprint density at radius 3 is 2.52 bits per heavy atom. The number of furan rings is 1. The van der Waals surface area contributed by atoms with Crippen molar-refractivity contribution >= 4 is 11.6 Å². The van der Waals surface area contributed by atoms with Crippen LogP contribution in [0.3, 0.4) is 0 Å². The molecule has 0 saturated heterocycles. The number of aromatic nitrogens is 2. The molecular weight excluding hydrogens is 343 g/mol. The highest BCUT2D eigenvalue weighted by molar-refractivity contribution is 5.90. The van der Waals surface area contributed by atoms with Crippen LogP contribution in [0.5, 0.6) is 0 Å². The summed E-state index contributed by atoms with van der Waals surface area (Å²) in [5, 5.41) is 6.18. The fraction of sp³-hybridized carbons (Fsp3) is 0.133. The minimum atomic E-state index is -4.46. The van der Waals surface area contributed by atoms with Crippen LogP contribution in [-0.4, -0.2) is 15.7 Å². The van der Waals surface area contributed by atoms with Crippen LogP contribution in [0.4, 0.5) is 18.9 Å². The van der Waals surface area contributed by atoms with Gasteiger partial charge < -0.3 is 14.2 Å². The summed E-state index contributed by atoms with van der Waals surface area (Å²) in [6.07, 6.45) is -3.09. The highest BCUT2D eigenvalue weighted by atomic mass is 19.4. The van der Waals surface area contributed by atoms with Crippen molar-refractivity contribution in [2.24, 2.45) is 0 Å². The lowest BCUT2D eigenvalue weighted by Crippen LogP contribution is -2.25. The van der Waals surface area contributed by atoms with Gasteiger partial charge in [-0.15, -0.1) is 5.10 Å². The third-order valence-electron chi connectivity index (χ3n) is 3.13. The van der Waals surface area contributed by atoms with Gasteiger partial charge in [-0.3, -0.25) is 4.79 Å². The summed E-state index contributed by atoms with van der Waals surface area (Å²) in [5.74, 6) is -1.38.